The number of aliphatic hydroxyl groups is 1. The molecule has 18 nitrogen and oxygen atoms in total. The molecule has 5 atom stereocenters. The number of piperazine rings is 1. The number of ketones is 1. The maximum atomic E-state index is 16.1. The van der Waals surface area contributed by atoms with E-state index in [2.05, 4.69) is 66.1 Å². The van der Waals surface area contributed by atoms with Crippen LogP contribution in [0.4, 0.5) is 24.5 Å². The van der Waals surface area contributed by atoms with Crippen LogP contribution < -0.4 is 14.6 Å². The Kier molecular flexibility index (Phi) is 17.1. The first kappa shape index (κ1) is 58.7. The molecule has 0 unspecified atom stereocenters. The van der Waals surface area contributed by atoms with Crippen LogP contribution in [0.2, 0.25) is 0 Å². The predicted molar refractivity (Wildman–Crippen MR) is 316 cm³/mol. The number of thiol groups is 1. The fourth-order valence-electron chi connectivity index (χ4n) is 12.7. The molecule has 2 amide bonds. The molecule has 4 aliphatic rings. The number of aliphatic hydroxyl groups excluding tert-OH is 1. The van der Waals surface area contributed by atoms with E-state index in [0.29, 0.717) is 44.9 Å². The molecule has 8 heterocycles. The summed E-state index contributed by atoms with van der Waals surface area (Å²) in [5, 5.41) is 19.7. The van der Waals surface area contributed by atoms with Gasteiger partial charge in [-0.05, 0) is 98.4 Å². The Labute approximate surface area is 491 Å². The number of nitrogens with one attached hydrogen (secondary N) is 2. The highest BCUT2D eigenvalue weighted by atomic mass is 32.2. The number of fused-ring (bicyclic) bond motifs is 1. The first-order chi connectivity index (χ1) is 40.3. The number of piperidine rings is 1. The molecule has 4 aliphatic heterocycles. The van der Waals surface area contributed by atoms with Crippen LogP contribution in [0.1, 0.15) is 97.0 Å². The highest BCUT2D eigenvalue weighted by Crippen LogP contribution is 2.41. The van der Waals surface area contributed by atoms with Crippen molar-refractivity contribution in [3.8, 4) is 21.6 Å². The van der Waals surface area contributed by atoms with Crippen molar-refractivity contribution < 1.29 is 45.6 Å². The van der Waals surface area contributed by atoms with E-state index in [9.17, 15) is 32.3 Å². The number of hydrogen-bond donors (Lipinski definition) is 4. The molecule has 0 radical (unpaired) electrons. The van der Waals surface area contributed by atoms with Gasteiger partial charge in [-0.2, -0.15) is 4.41 Å². The minimum atomic E-state index is -3.49. The summed E-state index contributed by atoms with van der Waals surface area (Å²) in [6.07, 6.45) is 3.02. The number of alkyl halides is 1. The van der Waals surface area contributed by atoms with Crippen LogP contribution in [-0.2, 0) is 20.5 Å². The number of benzene rings is 3. The molecular formula is C61H70F3N11O7S2. The maximum absolute atomic E-state index is 16.1. The number of β-amino-alcohol motifs (C(OH)–C–C–N with tert-alkyl or cyclic N) is 1. The summed E-state index contributed by atoms with van der Waals surface area (Å²) in [5.74, 6) is -3.94. The normalized spacial score (nSPS) is 20.3. The van der Waals surface area contributed by atoms with Crippen molar-refractivity contribution in [2.75, 3.05) is 81.3 Å². The standard InChI is InChI=1S/C61H70F3N11O7S2/c1-36-26-52(82-69-36)54(60(79)74-33-46(76)28-51(74)59(78)68-37(2)40-6-8-42(9-7-40)57-38(3)67-35-83-57)61(4,5)34-71-24-22-70(23-25-71)31-39-16-19-72(20-17-39)45-12-10-41(11-13-45)43-27-47-48(30-66-58(47)65-29-43)56(77)53-49(63)14-15-50(55(53)64)75(84(80)81)73-21-18-44(62)32-73/h6-15,26-27,29-30,35,37,39,44,46,51,54,76,84H,16-25,28,31-34H2,1-5H3,(H,65,66)(H,68,78)/t37-,44+,46+,51-,54+/m0/s1. The lowest BCUT2D eigenvalue weighted by atomic mass is 9.75. The number of aromatic amines is 1. The average Bonchev–Trinajstić information content (AvgIpc) is 2.82. The number of aryl methyl sites for hydroxylation is 2. The number of aromatic nitrogens is 4. The molecule has 0 bridgehead atoms. The second-order valence-corrected chi connectivity index (χ2v) is 25.3. The first-order valence-corrected chi connectivity index (χ1v) is 30.7. The number of nitrogens with zero attached hydrogens (tertiary/aromatic N) is 9. The van der Waals surface area contributed by atoms with E-state index in [4.69, 9.17) is 4.52 Å². The van der Waals surface area contributed by atoms with Crippen molar-refractivity contribution in [3.63, 3.8) is 0 Å². The van der Waals surface area contributed by atoms with Crippen LogP contribution in [-0.4, -0.2) is 161 Å². The van der Waals surface area contributed by atoms with Gasteiger partial charge in [-0.25, -0.2) is 36.6 Å². The third kappa shape index (κ3) is 12.3. The Balaban J connectivity index is 0.677. The highest BCUT2D eigenvalue weighted by Gasteiger charge is 2.48. The Hall–Kier alpha value is -7.02. The second kappa shape index (κ2) is 24.5. The van der Waals surface area contributed by atoms with Crippen LogP contribution in [0.5, 0.6) is 0 Å². The van der Waals surface area contributed by atoms with Gasteiger partial charge in [0.2, 0.25) is 28.5 Å². The summed E-state index contributed by atoms with van der Waals surface area (Å²) >= 11 is 1.58. The van der Waals surface area contributed by atoms with Gasteiger partial charge in [0.1, 0.15) is 41.0 Å². The van der Waals surface area contributed by atoms with Gasteiger partial charge >= 0.3 is 0 Å². The SMILES string of the molecule is Cc1cc([C@H](C(=O)N2C[C@H](O)C[C@H]2C(=O)N[C@@H](C)c2ccc(-c3scnc3C)cc2)C(C)(C)CN2CCN(CC3CCN(c4ccc(-c5cnc6[nH]cc(C(=O)c7c(F)ccc(N(N8CC[C@@H](F)C8)[SH](=O)=O)c7F)c6c5)cc4)CC3)CC2)on1. The van der Waals surface area contributed by atoms with Crippen molar-refractivity contribution in [2.24, 2.45) is 11.3 Å². The van der Waals surface area contributed by atoms with E-state index in [1.807, 2.05) is 62.7 Å². The summed E-state index contributed by atoms with van der Waals surface area (Å²) in [4.78, 5) is 64.7. The van der Waals surface area contributed by atoms with Crippen molar-refractivity contribution in [2.45, 2.75) is 90.6 Å². The number of pyridine rings is 1. The second-order valence-electron chi connectivity index (χ2n) is 23.6. The van der Waals surface area contributed by atoms with Gasteiger partial charge in [0.15, 0.2) is 5.82 Å². The van der Waals surface area contributed by atoms with Crippen molar-refractivity contribution in [3.05, 3.63) is 136 Å². The van der Waals surface area contributed by atoms with Crippen LogP contribution in [0, 0.1) is 36.8 Å². The third-order valence-corrected chi connectivity index (χ3v) is 19.0. The van der Waals surface area contributed by atoms with Gasteiger partial charge in [0, 0.05) is 113 Å². The summed E-state index contributed by atoms with van der Waals surface area (Å²) in [6, 6.07) is 20.2. The molecule has 0 aliphatic carbocycles. The summed E-state index contributed by atoms with van der Waals surface area (Å²) in [7, 11) is -3.49. The number of rotatable bonds is 18. The molecule has 4 aromatic heterocycles. The molecule has 4 saturated heterocycles. The van der Waals surface area contributed by atoms with E-state index in [1.165, 1.54) is 11.1 Å². The van der Waals surface area contributed by atoms with E-state index >= 15 is 8.78 Å². The van der Waals surface area contributed by atoms with Crippen molar-refractivity contribution in [1.82, 2.24) is 45.1 Å². The summed E-state index contributed by atoms with van der Waals surface area (Å²) in [5.41, 5.74) is 6.11. The molecule has 23 heteroatoms. The van der Waals surface area contributed by atoms with Gasteiger partial charge in [-0.3, -0.25) is 14.4 Å². The fraction of sp³-hybridized carbons (Fsp3) is 0.443. The summed E-state index contributed by atoms with van der Waals surface area (Å²) in [6.45, 7) is 16.4. The van der Waals surface area contributed by atoms with Crippen LogP contribution in [0.3, 0.4) is 0 Å². The van der Waals surface area contributed by atoms with Gasteiger partial charge in [-0.1, -0.05) is 55.4 Å². The number of hydrazine groups is 1. The maximum Gasteiger partial charge on any atom is 0.243 e. The van der Waals surface area contributed by atoms with E-state index in [1.54, 1.807) is 29.7 Å². The van der Waals surface area contributed by atoms with Crippen LogP contribution in [0.25, 0.3) is 32.6 Å². The van der Waals surface area contributed by atoms with E-state index in [-0.39, 0.29) is 55.9 Å². The number of amides is 2. The van der Waals surface area contributed by atoms with Crippen molar-refractivity contribution >= 4 is 62.2 Å². The topological polar surface area (TPSA) is 205 Å². The number of halogens is 3. The van der Waals surface area contributed by atoms with Crippen molar-refractivity contribution in [1.29, 1.82) is 0 Å². The smallest absolute Gasteiger partial charge is 0.243 e. The molecule has 11 rings (SSSR count). The zero-order valence-corrected chi connectivity index (χ0v) is 49.4. The Morgan fingerprint density at radius 3 is 2.26 bits per heavy atom. The van der Waals surface area contributed by atoms with Gasteiger partial charge in [0.25, 0.3) is 0 Å². The van der Waals surface area contributed by atoms with Gasteiger partial charge in [-0.15, -0.1) is 11.3 Å². The molecule has 7 aromatic rings. The zero-order valence-electron chi connectivity index (χ0n) is 47.6. The lowest BCUT2D eigenvalue weighted by molar-refractivity contribution is -0.143. The molecule has 0 saturated carbocycles. The molecule has 84 heavy (non-hydrogen) atoms. The lowest BCUT2D eigenvalue weighted by Gasteiger charge is -2.43. The fourth-order valence-corrected chi connectivity index (χ4v) is 14.2. The lowest BCUT2D eigenvalue weighted by Crippen LogP contribution is -2.54. The number of likely N-dealkylation sites (tertiary alicyclic amines) is 1. The number of carbonyl (C=O) groups is 3. The zero-order chi connectivity index (χ0) is 59.1. The van der Waals surface area contributed by atoms with E-state index < -0.39 is 69.2 Å². The van der Waals surface area contributed by atoms with Crippen LogP contribution >= 0.6 is 11.3 Å². The first-order valence-electron chi connectivity index (χ1n) is 28.7. The Morgan fingerprint density at radius 2 is 1.61 bits per heavy atom. The Morgan fingerprint density at radius 1 is 0.893 bits per heavy atom. The minimum absolute atomic E-state index is 0.00166. The third-order valence-electron chi connectivity index (χ3n) is 17.2. The highest BCUT2D eigenvalue weighted by molar-refractivity contribution is 7.73. The molecule has 4 fully saturated rings. The van der Waals surface area contributed by atoms with Gasteiger partial charge in [0.05, 0.1) is 46.0 Å². The molecule has 444 valence electrons. The number of H-pyrrole nitrogens is 1. The molecule has 3 N–H and O–H groups in total. The molecule has 0 spiro atoms. The quantitative estimate of drug-likeness (QED) is 0.0472. The molecule has 3 aromatic carbocycles. The Bertz CT molecular complexity index is 3610. The molecular weight excluding hydrogens is 1120 g/mol. The number of thiazole rings is 1. The monoisotopic (exact) mass is 1190 g/mol. The van der Waals surface area contributed by atoms with E-state index in [0.717, 1.165) is 109 Å². The average molecular weight is 1190 g/mol. The van der Waals surface area contributed by atoms with Gasteiger partial charge < -0.3 is 39.5 Å². The largest absolute Gasteiger partial charge is 0.391 e. The predicted octanol–water partition coefficient (Wildman–Crippen LogP) is 8.24. The number of anilines is 2. The summed E-state index contributed by atoms with van der Waals surface area (Å²) < 4.78 is 76.5. The van der Waals surface area contributed by atoms with Crippen LogP contribution in [0.15, 0.2) is 95.2 Å². The number of carbonyl (C=O) groups excluding carboxylic acids is 3. The minimum Gasteiger partial charge on any atom is -0.391 e. The number of hydrogen-bond acceptors (Lipinski definition) is 15.